The van der Waals surface area contributed by atoms with Gasteiger partial charge in [0, 0.05) is 25.8 Å². The van der Waals surface area contributed by atoms with Crippen molar-refractivity contribution >= 4 is 17.6 Å². The Bertz CT molecular complexity index is 1090. The zero-order chi connectivity index (χ0) is 25.5. The van der Waals surface area contributed by atoms with Crippen molar-refractivity contribution in [1.29, 1.82) is 0 Å². The molecule has 7 nitrogen and oxygen atoms in total. The highest BCUT2D eigenvalue weighted by atomic mass is 19.4. The van der Waals surface area contributed by atoms with E-state index >= 15 is 0 Å². The minimum Gasteiger partial charge on any atom is -0.444 e. The molecule has 2 aliphatic heterocycles. The number of rotatable bonds is 3. The third-order valence-corrected chi connectivity index (χ3v) is 6.09. The van der Waals surface area contributed by atoms with Crippen molar-refractivity contribution < 1.29 is 31.8 Å². The molecule has 11 heteroatoms. The molecule has 1 atom stereocenters. The fourth-order valence-electron chi connectivity index (χ4n) is 4.47. The lowest BCUT2D eigenvalue weighted by molar-refractivity contribution is -0.137. The van der Waals surface area contributed by atoms with Crippen LogP contribution in [0.2, 0.25) is 0 Å². The van der Waals surface area contributed by atoms with Gasteiger partial charge in [-0.3, -0.25) is 0 Å². The molecule has 1 saturated heterocycles. The summed E-state index contributed by atoms with van der Waals surface area (Å²) in [6.45, 7) is 6.43. The van der Waals surface area contributed by atoms with E-state index in [0.29, 0.717) is 43.6 Å². The molecular weight excluding hydrogens is 468 g/mol. The number of anilines is 2. The number of nitrogens with zero attached hydrogens (tertiary/aromatic N) is 4. The Morgan fingerprint density at radius 1 is 1.23 bits per heavy atom. The summed E-state index contributed by atoms with van der Waals surface area (Å²) in [5.41, 5.74) is -0.508. The number of hydrogen-bond acceptors (Lipinski definition) is 5. The number of ether oxygens (including phenoxy) is 2. The van der Waals surface area contributed by atoms with Crippen molar-refractivity contribution in [3.05, 3.63) is 40.8 Å². The second-order valence-electron chi connectivity index (χ2n) is 9.88. The van der Waals surface area contributed by atoms with Crippen LogP contribution in [-0.2, 0) is 28.6 Å². The predicted octanol–water partition coefficient (Wildman–Crippen LogP) is 5.80. The Kier molecular flexibility index (Phi) is 6.74. The molecule has 2 aliphatic rings. The fraction of sp³-hybridized carbons (Fsp3) is 0.583. The van der Waals surface area contributed by atoms with E-state index in [4.69, 9.17) is 9.47 Å². The van der Waals surface area contributed by atoms with Crippen molar-refractivity contribution in [3.63, 3.8) is 0 Å². The van der Waals surface area contributed by atoms with Gasteiger partial charge in [-0.05, 0) is 64.7 Å². The molecule has 2 aromatic rings. The van der Waals surface area contributed by atoms with Crippen LogP contribution in [0.4, 0.5) is 33.9 Å². The van der Waals surface area contributed by atoms with Gasteiger partial charge in [-0.2, -0.15) is 18.3 Å². The number of benzene rings is 1. The van der Waals surface area contributed by atoms with Crippen LogP contribution in [0.3, 0.4) is 0 Å². The average Bonchev–Trinajstić information content (AvgIpc) is 3.16. The Morgan fingerprint density at radius 3 is 2.60 bits per heavy atom. The molecule has 35 heavy (non-hydrogen) atoms. The van der Waals surface area contributed by atoms with Gasteiger partial charge in [-0.15, -0.1) is 0 Å². The number of halogens is 4. The lowest BCUT2D eigenvalue weighted by Crippen LogP contribution is -2.40. The third-order valence-electron chi connectivity index (χ3n) is 6.09. The first-order valence-electron chi connectivity index (χ1n) is 11.7. The molecule has 1 fully saturated rings. The molecule has 4 rings (SSSR count). The van der Waals surface area contributed by atoms with Crippen LogP contribution in [0.15, 0.2) is 18.2 Å². The van der Waals surface area contributed by atoms with Gasteiger partial charge in [0.1, 0.15) is 11.4 Å². The van der Waals surface area contributed by atoms with Crippen molar-refractivity contribution in [2.75, 3.05) is 25.1 Å². The number of hydrogen-bond donors (Lipinski definition) is 0. The number of carbonyl (C=O) groups excluding carboxylic acids is 1. The normalized spacial score (nSPS) is 18.9. The summed E-state index contributed by atoms with van der Waals surface area (Å²) >= 11 is 0. The maximum atomic E-state index is 13.7. The van der Waals surface area contributed by atoms with Crippen LogP contribution in [0.5, 0.6) is 0 Å². The summed E-state index contributed by atoms with van der Waals surface area (Å²) in [6.07, 6.45) is -2.66. The van der Waals surface area contributed by atoms with Crippen molar-refractivity contribution in [3.8, 4) is 0 Å². The Labute approximate surface area is 201 Å². The second kappa shape index (κ2) is 9.33. The largest absolute Gasteiger partial charge is 0.444 e. The number of alkyl halides is 3. The van der Waals surface area contributed by atoms with E-state index in [1.165, 1.54) is 11.9 Å². The van der Waals surface area contributed by atoms with E-state index in [2.05, 4.69) is 5.10 Å². The van der Waals surface area contributed by atoms with Crippen LogP contribution in [0.25, 0.3) is 0 Å². The van der Waals surface area contributed by atoms with Gasteiger partial charge in [-0.25, -0.2) is 13.9 Å². The highest BCUT2D eigenvalue weighted by Crippen LogP contribution is 2.41. The first-order chi connectivity index (χ1) is 16.3. The predicted molar refractivity (Wildman–Crippen MR) is 121 cm³/mol. The fourth-order valence-corrected chi connectivity index (χ4v) is 4.47. The smallest absolute Gasteiger partial charge is 0.418 e. The minimum absolute atomic E-state index is 0.195. The number of aromatic nitrogens is 2. The molecule has 1 aromatic heterocycles. The Morgan fingerprint density at radius 2 is 1.97 bits per heavy atom. The molecule has 1 aromatic carbocycles. The second-order valence-corrected chi connectivity index (χ2v) is 9.88. The lowest BCUT2D eigenvalue weighted by atomic mass is 10.0. The summed E-state index contributed by atoms with van der Waals surface area (Å²) in [4.78, 5) is 15.6. The lowest BCUT2D eigenvalue weighted by Gasteiger charge is -2.32. The maximum Gasteiger partial charge on any atom is 0.418 e. The number of fused-ring (bicyclic) bond motifs is 1. The van der Waals surface area contributed by atoms with Gasteiger partial charge in [0.2, 0.25) is 0 Å². The van der Waals surface area contributed by atoms with Gasteiger partial charge in [-0.1, -0.05) is 0 Å². The highest BCUT2D eigenvalue weighted by molar-refractivity contribution is 5.71. The van der Waals surface area contributed by atoms with E-state index < -0.39 is 29.3 Å². The Hall–Kier alpha value is -2.82. The minimum atomic E-state index is -4.74. The SMILES string of the molecule is CN(c1ccc(F)cc1C(F)(F)F)c1nn(C2CCCCO2)c2c1CCN(C(=O)OC(C)(C)C)C2. The third kappa shape index (κ3) is 5.39. The maximum absolute atomic E-state index is 13.7. The van der Waals surface area contributed by atoms with E-state index in [9.17, 15) is 22.4 Å². The number of amides is 1. The van der Waals surface area contributed by atoms with Gasteiger partial charge in [0.05, 0.1) is 23.5 Å². The van der Waals surface area contributed by atoms with E-state index in [0.717, 1.165) is 30.5 Å². The quantitative estimate of drug-likeness (QED) is 0.501. The van der Waals surface area contributed by atoms with Crippen molar-refractivity contribution in [2.24, 2.45) is 0 Å². The molecule has 0 saturated carbocycles. The molecule has 0 radical (unpaired) electrons. The summed E-state index contributed by atoms with van der Waals surface area (Å²) in [7, 11) is 1.48. The van der Waals surface area contributed by atoms with E-state index in [1.54, 1.807) is 30.4 Å². The summed E-state index contributed by atoms with van der Waals surface area (Å²) < 4.78 is 68.0. The molecule has 0 bridgehead atoms. The molecular formula is C24H30F4N4O3. The van der Waals surface area contributed by atoms with Gasteiger partial charge in [0.15, 0.2) is 12.0 Å². The standard InChI is InChI=1S/C24H30F4N4O3/c1-23(2,3)35-22(33)31-11-10-16-19(14-31)32(20-7-5-6-12-34-20)29-21(16)30(4)18-9-8-15(25)13-17(18)24(26,27)28/h8-9,13,20H,5-7,10-12,14H2,1-4H3. The molecule has 1 unspecified atom stereocenters. The van der Waals surface area contributed by atoms with Crippen LogP contribution in [-0.4, -0.2) is 46.6 Å². The first-order valence-corrected chi connectivity index (χ1v) is 11.7. The van der Waals surface area contributed by atoms with Gasteiger partial charge < -0.3 is 19.3 Å². The molecule has 0 spiro atoms. The summed E-state index contributed by atoms with van der Waals surface area (Å²) in [6, 6.07) is 2.60. The van der Waals surface area contributed by atoms with Gasteiger partial charge >= 0.3 is 12.3 Å². The van der Waals surface area contributed by atoms with E-state index in [1.807, 2.05) is 0 Å². The average molecular weight is 499 g/mol. The molecule has 1 amide bonds. The van der Waals surface area contributed by atoms with Crippen LogP contribution in [0.1, 0.15) is 63.1 Å². The monoisotopic (exact) mass is 498 g/mol. The van der Waals surface area contributed by atoms with E-state index in [-0.39, 0.29) is 18.5 Å². The Balaban J connectivity index is 1.75. The zero-order valence-corrected chi connectivity index (χ0v) is 20.3. The van der Waals surface area contributed by atoms with Crippen LogP contribution < -0.4 is 4.90 Å². The molecule has 3 heterocycles. The number of carbonyl (C=O) groups is 1. The highest BCUT2D eigenvalue weighted by Gasteiger charge is 2.38. The summed E-state index contributed by atoms with van der Waals surface area (Å²) in [5, 5.41) is 4.68. The van der Waals surface area contributed by atoms with Crippen molar-refractivity contribution in [1.82, 2.24) is 14.7 Å². The first kappa shape index (κ1) is 25.3. The van der Waals surface area contributed by atoms with Crippen LogP contribution >= 0.6 is 0 Å². The molecule has 192 valence electrons. The van der Waals surface area contributed by atoms with Crippen molar-refractivity contribution in [2.45, 2.75) is 71.0 Å². The zero-order valence-electron chi connectivity index (χ0n) is 20.3. The molecule has 0 N–H and O–H groups in total. The summed E-state index contributed by atoms with van der Waals surface area (Å²) in [5.74, 6) is -0.638. The van der Waals surface area contributed by atoms with Gasteiger partial charge in [0.25, 0.3) is 0 Å². The topological polar surface area (TPSA) is 59.8 Å². The molecule has 0 aliphatic carbocycles. The van der Waals surface area contributed by atoms with Crippen LogP contribution in [0, 0.1) is 5.82 Å².